The van der Waals surface area contributed by atoms with Crippen molar-refractivity contribution in [3.8, 4) is 0 Å². The first kappa shape index (κ1) is 9.14. The summed E-state index contributed by atoms with van der Waals surface area (Å²) in [6, 6.07) is 0.169. The van der Waals surface area contributed by atoms with Gasteiger partial charge in [0, 0.05) is 0 Å². The van der Waals surface area contributed by atoms with Gasteiger partial charge < -0.3 is 4.74 Å². The van der Waals surface area contributed by atoms with Gasteiger partial charge in [0.15, 0.2) is 0 Å². The minimum atomic E-state index is -0.381. The Morgan fingerprint density at radius 3 is 2.57 bits per heavy atom. The van der Waals surface area contributed by atoms with Crippen LogP contribution in [0.2, 0.25) is 0 Å². The number of rotatable bonds is 2. The molecule has 0 bridgehead atoms. The first-order chi connectivity index (χ1) is 6.61. The van der Waals surface area contributed by atoms with E-state index in [1.165, 1.54) is 0 Å². The largest absolute Gasteiger partial charge is 0.377 e. The molecular weight excluding hydrogens is 186 g/mol. The van der Waals surface area contributed by atoms with Crippen molar-refractivity contribution in [1.82, 2.24) is 9.78 Å². The molecule has 0 unspecified atom stereocenters. The van der Waals surface area contributed by atoms with Crippen LogP contribution in [0.5, 0.6) is 0 Å². The van der Waals surface area contributed by atoms with Crippen molar-refractivity contribution in [1.29, 1.82) is 0 Å². The van der Waals surface area contributed by atoms with Crippen LogP contribution < -0.4 is 0 Å². The zero-order chi connectivity index (χ0) is 10.3. The lowest BCUT2D eigenvalue weighted by atomic mass is 10.2. The molecule has 14 heavy (non-hydrogen) atoms. The van der Waals surface area contributed by atoms with Gasteiger partial charge in [-0.1, -0.05) is 0 Å². The van der Waals surface area contributed by atoms with Gasteiger partial charge in [-0.3, -0.25) is 14.8 Å². The lowest BCUT2D eigenvalue weighted by Gasteiger charge is -2.26. The summed E-state index contributed by atoms with van der Waals surface area (Å²) < 4.78 is 6.71. The molecule has 0 radical (unpaired) electrons. The summed E-state index contributed by atoms with van der Waals surface area (Å²) in [5.41, 5.74) is 1.21. The second-order valence-corrected chi connectivity index (χ2v) is 3.41. The van der Waals surface area contributed by atoms with E-state index in [0.717, 1.165) is 0 Å². The molecule has 2 heterocycles. The van der Waals surface area contributed by atoms with E-state index in [0.29, 0.717) is 24.6 Å². The number of aromatic nitrogens is 2. The van der Waals surface area contributed by atoms with Crippen LogP contribution in [0, 0.1) is 24.0 Å². The molecule has 0 saturated carbocycles. The molecule has 76 valence electrons. The van der Waals surface area contributed by atoms with Crippen LogP contribution in [0.15, 0.2) is 0 Å². The normalized spacial score (nSPS) is 16.7. The van der Waals surface area contributed by atoms with Crippen LogP contribution in [-0.4, -0.2) is 27.9 Å². The molecule has 1 fully saturated rings. The molecule has 0 aromatic carbocycles. The highest BCUT2D eigenvalue weighted by Crippen LogP contribution is 2.27. The molecule has 0 spiro atoms. The molecule has 0 amide bonds. The lowest BCUT2D eigenvalue weighted by Crippen LogP contribution is -2.32. The maximum absolute atomic E-state index is 10.7. The Bertz CT molecular complexity index is 381. The highest BCUT2D eigenvalue weighted by molar-refractivity contribution is 5.39. The molecule has 1 aromatic heterocycles. The predicted molar refractivity (Wildman–Crippen MR) is 48.2 cm³/mol. The highest BCUT2D eigenvalue weighted by atomic mass is 16.6. The SMILES string of the molecule is Cc1nn(C2COC2)c(C)c1[N+](=O)[O-]. The second kappa shape index (κ2) is 3.06. The van der Waals surface area contributed by atoms with E-state index < -0.39 is 0 Å². The third kappa shape index (κ3) is 1.19. The third-order valence-corrected chi connectivity index (χ3v) is 2.44. The third-order valence-electron chi connectivity index (χ3n) is 2.44. The minimum absolute atomic E-state index is 0.122. The van der Waals surface area contributed by atoms with E-state index in [-0.39, 0.29) is 16.7 Å². The Labute approximate surface area is 80.6 Å². The van der Waals surface area contributed by atoms with Gasteiger partial charge in [-0.25, -0.2) is 0 Å². The lowest BCUT2D eigenvalue weighted by molar-refractivity contribution is -0.386. The van der Waals surface area contributed by atoms with E-state index in [2.05, 4.69) is 5.10 Å². The quantitative estimate of drug-likeness (QED) is 0.523. The maximum atomic E-state index is 10.7. The van der Waals surface area contributed by atoms with Gasteiger partial charge in [-0.15, -0.1) is 0 Å². The summed E-state index contributed by atoms with van der Waals surface area (Å²) in [6.07, 6.45) is 0. The number of nitrogens with zero attached hydrogens (tertiary/aromatic N) is 3. The number of nitro groups is 1. The second-order valence-electron chi connectivity index (χ2n) is 3.41. The molecular formula is C8H11N3O3. The summed E-state index contributed by atoms with van der Waals surface area (Å²) >= 11 is 0. The van der Waals surface area contributed by atoms with Crippen molar-refractivity contribution in [2.24, 2.45) is 0 Å². The fraction of sp³-hybridized carbons (Fsp3) is 0.625. The summed E-state index contributed by atoms with van der Waals surface area (Å²) in [7, 11) is 0. The first-order valence-electron chi connectivity index (χ1n) is 4.39. The summed E-state index contributed by atoms with van der Waals surface area (Å²) in [5, 5.41) is 14.9. The number of ether oxygens (including phenoxy) is 1. The molecule has 6 heteroatoms. The zero-order valence-corrected chi connectivity index (χ0v) is 8.06. The van der Waals surface area contributed by atoms with E-state index in [1.807, 2.05) is 0 Å². The Hall–Kier alpha value is -1.43. The number of hydrogen-bond acceptors (Lipinski definition) is 4. The van der Waals surface area contributed by atoms with Crippen molar-refractivity contribution in [2.75, 3.05) is 13.2 Å². The summed E-state index contributed by atoms with van der Waals surface area (Å²) in [6.45, 7) is 4.57. The highest BCUT2D eigenvalue weighted by Gasteiger charge is 2.29. The van der Waals surface area contributed by atoms with E-state index in [4.69, 9.17) is 4.74 Å². The fourth-order valence-electron chi connectivity index (χ4n) is 1.64. The Balaban J connectivity index is 2.42. The average Bonchev–Trinajstić information content (AvgIpc) is 2.23. The standard InChI is InChI=1S/C8H11N3O3/c1-5-8(11(12)13)6(2)10(9-5)7-3-14-4-7/h7H,3-4H2,1-2H3. The van der Waals surface area contributed by atoms with Crippen molar-refractivity contribution in [2.45, 2.75) is 19.9 Å². The fourth-order valence-corrected chi connectivity index (χ4v) is 1.64. The Morgan fingerprint density at radius 1 is 1.57 bits per heavy atom. The van der Waals surface area contributed by atoms with Gasteiger partial charge in [0.25, 0.3) is 0 Å². The summed E-state index contributed by atoms with van der Waals surface area (Å²) in [5.74, 6) is 0. The minimum Gasteiger partial charge on any atom is -0.377 e. The molecule has 0 aliphatic carbocycles. The zero-order valence-electron chi connectivity index (χ0n) is 8.06. The molecule has 1 aromatic rings. The van der Waals surface area contributed by atoms with Crippen molar-refractivity contribution in [3.05, 3.63) is 21.5 Å². The average molecular weight is 197 g/mol. The van der Waals surface area contributed by atoms with Crippen LogP contribution in [-0.2, 0) is 4.74 Å². The van der Waals surface area contributed by atoms with Gasteiger partial charge in [-0.2, -0.15) is 5.10 Å². The molecule has 1 aliphatic rings. The van der Waals surface area contributed by atoms with E-state index in [9.17, 15) is 10.1 Å². The van der Waals surface area contributed by atoms with E-state index >= 15 is 0 Å². The van der Waals surface area contributed by atoms with Crippen LogP contribution in [0.3, 0.4) is 0 Å². The van der Waals surface area contributed by atoms with Crippen LogP contribution in [0.25, 0.3) is 0 Å². The predicted octanol–water partition coefficient (Wildman–Crippen LogP) is 0.979. The van der Waals surface area contributed by atoms with Gasteiger partial charge in [0.2, 0.25) is 0 Å². The van der Waals surface area contributed by atoms with Gasteiger partial charge in [0.1, 0.15) is 11.4 Å². The Morgan fingerprint density at radius 2 is 2.21 bits per heavy atom. The molecule has 6 nitrogen and oxygen atoms in total. The molecule has 1 aliphatic heterocycles. The smallest absolute Gasteiger partial charge is 0.312 e. The molecule has 2 rings (SSSR count). The van der Waals surface area contributed by atoms with Crippen LogP contribution in [0.4, 0.5) is 5.69 Å². The van der Waals surface area contributed by atoms with Crippen molar-refractivity contribution in [3.63, 3.8) is 0 Å². The van der Waals surface area contributed by atoms with Crippen molar-refractivity contribution >= 4 is 5.69 Å². The number of hydrogen-bond donors (Lipinski definition) is 0. The monoisotopic (exact) mass is 197 g/mol. The number of aryl methyl sites for hydroxylation is 1. The van der Waals surface area contributed by atoms with Crippen LogP contribution >= 0.6 is 0 Å². The maximum Gasteiger partial charge on any atom is 0.312 e. The molecule has 0 atom stereocenters. The van der Waals surface area contributed by atoms with Gasteiger partial charge in [-0.05, 0) is 13.8 Å². The van der Waals surface area contributed by atoms with Crippen LogP contribution in [0.1, 0.15) is 17.4 Å². The molecule has 1 saturated heterocycles. The first-order valence-corrected chi connectivity index (χ1v) is 4.39. The van der Waals surface area contributed by atoms with Crippen molar-refractivity contribution < 1.29 is 9.66 Å². The molecule has 0 N–H and O–H groups in total. The van der Waals surface area contributed by atoms with Gasteiger partial charge >= 0.3 is 5.69 Å². The Kier molecular flexibility index (Phi) is 1.99. The van der Waals surface area contributed by atoms with Gasteiger partial charge in [0.05, 0.1) is 24.2 Å². The van der Waals surface area contributed by atoms with E-state index in [1.54, 1.807) is 18.5 Å². The summed E-state index contributed by atoms with van der Waals surface area (Å²) in [4.78, 5) is 10.3. The topological polar surface area (TPSA) is 70.2 Å².